The van der Waals surface area contributed by atoms with Crippen molar-refractivity contribution in [3.63, 3.8) is 0 Å². The lowest BCUT2D eigenvalue weighted by Crippen LogP contribution is -2.08. The molecule has 3 aromatic rings. The largest absolute Gasteiger partial charge is 0.469 e. The number of furan rings is 2. The molecule has 0 unspecified atom stereocenters. The van der Waals surface area contributed by atoms with Crippen molar-refractivity contribution in [3.8, 4) is 0 Å². The van der Waals surface area contributed by atoms with Crippen molar-refractivity contribution in [2.75, 3.05) is 0 Å². The Morgan fingerprint density at radius 2 is 2.05 bits per heavy atom. The van der Waals surface area contributed by atoms with Crippen molar-refractivity contribution < 1.29 is 8.83 Å². The summed E-state index contributed by atoms with van der Waals surface area (Å²) in [5.74, 6) is 2.05. The van der Waals surface area contributed by atoms with Crippen LogP contribution in [0.4, 0.5) is 0 Å². The topological polar surface area (TPSA) is 55.0 Å². The fourth-order valence-electron chi connectivity index (χ4n) is 2.92. The Balaban J connectivity index is 1.86. The van der Waals surface area contributed by atoms with Crippen molar-refractivity contribution in [1.29, 1.82) is 0 Å². The molecule has 0 radical (unpaired) electrons. The van der Waals surface area contributed by atoms with Gasteiger partial charge in [-0.15, -0.1) is 0 Å². The molecule has 4 nitrogen and oxygen atoms in total. The number of aromatic amines is 1. The first-order valence-electron chi connectivity index (χ1n) is 6.65. The molecule has 100 valence electrons. The molecule has 3 aromatic heterocycles. The number of aromatic nitrogens is 2. The van der Waals surface area contributed by atoms with E-state index in [9.17, 15) is 0 Å². The maximum atomic E-state index is 5.62. The third-order valence-electron chi connectivity index (χ3n) is 3.83. The van der Waals surface area contributed by atoms with Crippen LogP contribution in [0.2, 0.25) is 0 Å². The summed E-state index contributed by atoms with van der Waals surface area (Å²) in [6.07, 6.45) is 6.37. The van der Waals surface area contributed by atoms with E-state index in [1.165, 1.54) is 5.56 Å². The van der Waals surface area contributed by atoms with Crippen molar-refractivity contribution in [2.24, 2.45) is 0 Å². The zero-order valence-electron chi connectivity index (χ0n) is 11.1. The molecule has 4 rings (SSSR count). The van der Waals surface area contributed by atoms with Crippen LogP contribution in [-0.4, -0.2) is 10.2 Å². The van der Waals surface area contributed by atoms with Gasteiger partial charge >= 0.3 is 0 Å². The zero-order chi connectivity index (χ0) is 13.5. The molecular weight excluding hydrogens is 252 g/mol. The second kappa shape index (κ2) is 4.27. The van der Waals surface area contributed by atoms with Gasteiger partial charge in [-0.05, 0) is 49.3 Å². The minimum Gasteiger partial charge on any atom is -0.469 e. The van der Waals surface area contributed by atoms with Gasteiger partial charge in [0.05, 0.1) is 24.1 Å². The number of fused-ring (bicyclic) bond motifs is 1. The van der Waals surface area contributed by atoms with E-state index in [2.05, 4.69) is 16.3 Å². The highest BCUT2D eigenvalue weighted by atomic mass is 16.3. The number of hydrogen-bond acceptors (Lipinski definition) is 3. The van der Waals surface area contributed by atoms with Crippen LogP contribution in [-0.2, 0) is 0 Å². The Kier molecular flexibility index (Phi) is 2.42. The van der Waals surface area contributed by atoms with Gasteiger partial charge in [-0.3, -0.25) is 5.10 Å². The number of rotatable bonds is 2. The highest BCUT2D eigenvalue weighted by Gasteiger charge is 2.29. The number of nitrogens with one attached hydrogen (secondary N) is 1. The first kappa shape index (κ1) is 11.3. The molecular formula is C16H14N2O2. The highest BCUT2D eigenvalue weighted by molar-refractivity contribution is 5.83. The Bertz CT molecular complexity index is 749. The van der Waals surface area contributed by atoms with E-state index >= 15 is 0 Å². The molecule has 1 aliphatic carbocycles. The molecule has 0 fully saturated rings. The second-order valence-corrected chi connectivity index (χ2v) is 5.07. The molecule has 20 heavy (non-hydrogen) atoms. The van der Waals surface area contributed by atoms with Gasteiger partial charge in [0, 0.05) is 11.3 Å². The van der Waals surface area contributed by atoms with E-state index in [-0.39, 0.29) is 5.92 Å². The Morgan fingerprint density at radius 1 is 1.20 bits per heavy atom. The van der Waals surface area contributed by atoms with E-state index in [1.54, 1.807) is 12.5 Å². The smallest absolute Gasteiger partial charge is 0.129 e. The molecule has 0 spiro atoms. The van der Waals surface area contributed by atoms with Crippen LogP contribution in [0.25, 0.3) is 11.6 Å². The van der Waals surface area contributed by atoms with Crippen LogP contribution in [0.1, 0.15) is 40.8 Å². The standard InChI is InChI=1S/C16H14N2O2/c1-10-16-12(15-5-3-7-20-15)8-11(9-13(16)18-17-10)14-4-2-6-19-14/h2-7,9,12H,8H2,1H3,(H,17,18)/t12-/m0/s1. The van der Waals surface area contributed by atoms with Crippen molar-refractivity contribution in [1.82, 2.24) is 10.2 Å². The normalized spacial score (nSPS) is 17.9. The minimum atomic E-state index is 0.184. The Labute approximate surface area is 116 Å². The van der Waals surface area contributed by atoms with Gasteiger partial charge in [0.15, 0.2) is 0 Å². The molecule has 0 saturated carbocycles. The molecule has 1 N–H and O–H groups in total. The predicted octanol–water partition coefficient (Wildman–Crippen LogP) is 3.98. The van der Waals surface area contributed by atoms with E-state index in [4.69, 9.17) is 8.83 Å². The number of aryl methyl sites for hydroxylation is 1. The quantitative estimate of drug-likeness (QED) is 0.763. The fourth-order valence-corrected chi connectivity index (χ4v) is 2.92. The molecule has 0 bridgehead atoms. The molecule has 0 aliphatic heterocycles. The number of hydrogen-bond donors (Lipinski definition) is 1. The lowest BCUT2D eigenvalue weighted by atomic mass is 9.83. The maximum absolute atomic E-state index is 5.62. The molecule has 4 heteroatoms. The van der Waals surface area contributed by atoms with Crippen LogP contribution >= 0.6 is 0 Å². The van der Waals surface area contributed by atoms with Gasteiger partial charge < -0.3 is 8.83 Å². The van der Waals surface area contributed by atoms with Gasteiger partial charge in [-0.2, -0.15) is 5.10 Å². The summed E-state index contributed by atoms with van der Waals surface area (Å²) in [7, 11) is 0. The SMILES string of the molecule is Cc1[nH]nc2c1[C@H](c1ccco1)CC(c1ccco1)=C2. The van der Waals surface area contributed by atoms with Crippen LogP contribution in [0.15, 0.2) is 45.6 Å². The minimum absolute atomic E-state index is 0.184. The summed E-state index contributed by atoms with van der Waals surface area (Å²) in [5, 5.41) is 7.46. The summed E-state index contributed by atoms with van der Waals surface area (Å²) in [6, 6.07) is 7.83. The van der Waals surface area contributed by atoms with Crippen LogP contribution in [0.5, 0.6) is 0 Å². The number of allylic oxidation sites excluding steroid dienone is 1. The van der Waals surface area contributed by atoms with Crippen LogP contribution < -0.4 is 0 Å². The molecule has 3 heterocycles. The van der Waals surface area contributed by atoms with Crippen LogP contribution in [0, 0.1) is 6.92 Å². The zero-order valence-corrected chi connectivity index (χ0v) is 11.1. The molecule has 0 aromatic carbocycles. The first-order chi connectivity index (χ1) is 9.83. The average molecular weight is 266 g/mol. The maximum Gasteiger partial charge on any atom is 0.129 e. The summed E-state index contributed by atoms with van der Waals surface area (Å²) < 4.78 is 11.1. The van der Waals surface area contributed by atoms with Crippen molar-refractivity contribution >= 4 is 11.6 Å². The lowest BCUT2D eigenvalue weighted by Gasteiger charge is -2.20. The third-order valence-corrected chi connectivity index (χ3v) is 3.83. The van der Waals surface area contributed by atoms with Gasteiger partial charge in [0.2, 0.25) is 0 Å². The highest BCUT2D eigenvalue weighted by Crippen LogP contribution is 2.42. The van der Waals surface area contributed by atoms with E-state index in [1.807, 2.05) is 31.2 Å². The van der Waals surface area contributed by atoms with Gasteiger partial charge in [-0.1, -0.05) is 0 Å². The third kappa shape index (κ3) is 1.65. The predicted molar refractivity (Wildman–Crippen MR) is 75.1 cm³/mol. The Hall–Kier alpha value is -2.49. The first-order valence-corrected chi connectivity index (χ1v) is 6.65. The van der Waals surface area contributed by atoms with E-state index in [0.717, 1.165) is 34.9 Å². The molecule has 1 aliphatic rings. The number of H-pyrrole nitrogens is 1. The van der Waals surface area contributed by atoms with Crippen LogP contribution in [0.3, 0.4) is 0 Å². The number of nitrogens with zero attached hydrogens (tertiary/aromatic N) is 1. The van der Waals surface area contributed by atoms with Gasteiger partial charge in [0.25, 0.3) is 0 Å². The monoisotopic (exact) mass is 266 g/mol. The van der Waals surface area contributed by atoms with E-state index in [0.29, 0.717) is 0 Å². The van der Waals surface area contributed by atoms with Crippen molar-refractivity contribution in [3.05, 3.63) is 65.3 Å². The molecule has 1 atom stereocenters. The lowest BCUT2D eigenvalue weighted by molar-refractivity contribution is 0.483. The second-order valence-electron chi connectivity index (χ2n) is 5.07. The summed E-state index contributed by atoms with van der Waals surface area (Å²) in [4.78, 5) is 0. The summed E-state index contributed by atoms with van der Waals surface area (Å²) in [5.41, 5.74) is 4.43. The fraction of sp³-hybridized carbons (Fsp3) is 0.188. The average Bonchev–Trinajstić information content (AvgIpc) is 3.20. The molecule has 0 amide bonds. The van der Waals surface area contributed by atoms with E-state index < -0.39 is 0 Å². The Morgan fingerprint density at radius 3 is 2.80 bits per heavy atom. The summed E-state index contributed by atoms with van der Waals surface area (Å²) in [6.45, 7) is 2.05. The van der Waals surface area contributed by atoms with Gasteiger partial charge in [-0.25, -0.2) is 0 Å². The summed E-state index contributed by atoms with van der Waals surface area (Å²) >= 11 is 0. The van der Waals surface area contributed by atoms with Crippen molar-refractivity contribution in [2.45, 2.75) is 19.3 Å². The van der Waals surface area contributed by atoms with Gasteiger partial charge in [0.1, 0.15) is 11.5 Å². The molecule has 0 saturated heterocycles.